The highest BCUT2D eigenvalue weighted by atomic mass is 32.2. The van der Waals surface area contributed by atoms with Crippen LogP contribution in [0.2, 0.25) is 0 Å². The Kier molecular flexibility index (Phi) is 8.59. The summed E-state index contributed by atoms with van der Waals surface area (Å²) in [5.74, 6) is 3.00. The van der Waals surface area contributed by atoms with E-state index in [1.165, 1.54) is 24.6 Å². The monoisotopic (exact) mass is 577 g/mol. The smallest absolute Gasteiger partial charge is 0.227 e. The topological polar surface area (TPSA) is 123 Å². The van der Waals surface area contributed by atoms with Gasteiger partial charge in [0.25, 0.3) is 0 Å². The van der Waals surface area contributed by atoms with Crippen LogP contribution in [0.25, 0.3) is 0 Å². The van der Waals surface area contributed by atoms with Gasteiger partial charge in [-0.3, -0.25) is 14.8 Å². The van der Waals surface area contributed by atoms with Crippen LogP contribution in [0.15, 0.2) is 40.4 Å². The quantitative estimate of drug-likeness (QED) is 0.263. The number of carbonyl (C=O) groups excluding carboxylic acids is 1. The van der Waals surface area contributed by atoms with E-state index >= 15 is 0 Å². The van der Waals surface area contributed by atoms with Gasteiger partial charge in [0.05, 0.1) is 6.61 Å². The zero-order valence-electron chi connectivity index (χ0n) is 23.8. The SMILES string of the molecule is CCOc1c(Nc2cc(C)[nH]n2)nc(Sc2ccc(NC(=O)C3CC3)cc2)nc1N1CCN(C2CCNCC2)CC1. The Bertz CT molecular complexity index is 1330. The molecule has 0 unspecified atom stereocenters. The number of nitrogens with one attached hydrogen (secondary N) is 4. The predicted octanol–water partition coefficient (Wildman–Crippen LogP) is 4.02. The number of H-pyrrole nitrogens is 1. The molecule has 4 N–H and O–H groups in total. The Hall–Kier alpha value is -3.35. The Labute approximate surface area is 245 Å². The molecular formula is C29H39N9O2S. The van der Waals surface area contributed by atoms with Crippen LogP contribution in [-0.4, -0.2) is 82.9 Å². The molecule has 6 rings (SSSR count). The van der Waals surface area contributed by atoms with Gasteiger partial charge in [0.1, 0.15) is 0 Å². The zero-order chi connectivity index (χ0) is 28.2. The molecule has 1 saturated carbocycles. The van der Waals surface area contributed by atoms with Gasteiger partial charge in [-0.1, -0.05) is 0 Å². The molecule has 1 aliphatic carbocycles. The second-order valence-corrected chi connectivity index (χ2v) is 11.9. The molecule has 2 saturated heterocycles. The van der Waals surface area contributed by atoms with Gasteiger partial charge in [0.15, 0.2) is 22.6 Å². The summed E-state index contributed by atoms with van der Waals surface area (Å²) in [5.41, 5.74) is 1.76. The van der Waals surface area contributed by atoms with Crippen molar-refractivity contribution in [2.24, 2.45) is 5.92 Å². The van der Waals surface area contributed by atoms with Gasteiger partial charge in [-0.25, -0.2) is 9.97 Å². The first-order chi connectivity index (χ1) is 20.1. The van der Waals surface area contributed by atoms with Gasteiger partial charge in [-0.05, 0) is 88.6 Å². The Morgan fingerprint density at radius 3 is 2.49 bits per heavy atom. The number of hydrogen-bond donors (Lipinski definition) is 4. The molecule has 0 atom stereocenters. The lowest BCUT2D eigenvalue weighted by Gasteiger charge is -2.41. The maximum atomic E-state index is 12.1. The summed E-state index contributed by atoms with van der Waals surface area (Å²) in [6.45, 7) is 10.4. The van der Waals surface area contributed by atoms with Crippen molar-refractivity contribution in [1.82, 2.24) is 30.4 Å². The fraction of sp³-hybridized carbons (Fsp3) is 0.517. The molecule has 2 aliphatic heterocycles. The number of hydrogen-bond acceptors (Lipinski definition) is 10. The average Bonchev–Trinajstić information content (AvgIpc) is 3.77. The van der Waals surface area contributed by atoms with Crippen molar-refractivity contribution in [2.45, 2.75) is 55.6 Å². The molecule has 0 radical (unpaired) electrons. The van der Waals surface area contributed by atoms with Gasteiger partial charge in [-0.2, -0.15) is 5.10 Å². The molecular weight excluding hydrogens is 538 g/mol. The van der Waals surface area contributed by atoms with Gasteiger partial charge < -0.3 is 25.6 Å². The van der Waals surface area contributed by atoms with E-state index in [9.17, 15) is 4.79 Å². The van der Waals surface area contributed by atoms with Crippen LogP contribution >= 0.6 is 11.8 Å². The third-order valence-corrected chi connectivity index (χ3v) is 8.66. The largest absolute Gasteiger partial charge is 0.487 e. The summed E-state index contributed by atoms with van der Waals surface area (Å²) in [6.07, 6.45) is 4.38. The second kappa shape index (κ2) is 12.7. The lowest BCUT2D eigenvalue weighted by atomic mass is 10.0. The van der Waals surface area contributed by atoms with Gasteiger partial charge in [0.2, 0.25) is 11.7 Å². The minimum absolute atomic E-state index is 0.106. The number of piperidine rings is 1. The third kappa shape index (κ3) is 6.94. The van der Waals surface area contributed by atoms with E-state index in [-0.39, 0.29) is 11.8 Å². The number of aromatic nitrogens is 4. The van der Waals surface area contributed by atoms with Crippen molar-refractivity contribution in [2.75, 3.05) is 61.4 Å². The van der Waals surface area contributed by atoms with E-state index in [0.29, 0.717) is 35.2 Å². The molecule has 0 bridgehead atoms. The first-order valence-electron chi connectivity index (χ1n) is 14.7. The van der Waals surface area contributed by atoms with Crippen molar-refractivity contribution in [3.05, 3.63) is 36.0 Å². The number of aryl methyl sites for hydroxylation is 1. The Morgan fingerprint density at radius 1 is 1.07 bits per heavy atom. The lowest BCUT2D eigenvalue weighted by molar-refractivity contribution is -0.117. The Balaban J connectivity index is 1.25. The van der Waals surface area contributed by atoms with E-state index in [1.54, 1.807) is 0 Å². The lowest BCUT2D eigenvalue weighted by Crippen LogP contribution is -2.53. The molecule has 11 nitrogen and oxygen atoms in total. The number of piperazine rings is 1. The molecule has 2 aromatic heterocycles. The molecule has 4 heterocycles. The molecule has 218 valence electrons. The van der Waals surface area contributed by atoms with Gasteiger partial charge in [0, 0.05) is 60.5 Å². The molecule has 1 amide bonds. The van der Waals surface area contributed by atoms with Gasteiger partial charge in [-0.15, -0.1) is 0 Å². The highest BCUT2D eigenvalue weighted by Crippen LogP contribution is 2.39. The number of benzene rings is 1. The number of amides is 1. The van der Waals surface area contributed by atoms with Crippen LogP contribution in [0.5, 0.6) is 5.75 Å². The minimum Gasteiger partial charge on any atom is -0.487 e. The minimum atomic E-state index is 0.106. The average molecular weight is 578 g/mol. The van der Waals surface area contributed by atoms with Crippen LogP contribution in [0, 0.1) is 12.8 Å². The predicted molar refractivity (Wildman–Crippen MR) is 161 cm³/mol. The van der Waals surface area contributed by atoms with Crippen molar-refractivity contribution < 1.29 is 9.53 Å². The van der Waals surface area contributed by atoms with Crippen molar-refractivity contribution in [1.29, 1.82) is 0 Å². The van der Waals surface area contributed by atoms with Crippen LogP contribution < -0.4 is 25.6 Å². The van der Waals surface area contributed by atoms with E-state index in [4.69, 9.17) is 14.7 Å². The highest BCUT2D eigenvalue weighted by Gasteiger charge is 2.30. The molecule has 0 spiro atoms. The molecule has 1 aromatic carbocycles. The fourth-order valence-electron chi connectivity index (χ4n) is 5.42. The number of nitrogens with zero attached hydrogens (tertiary/aromatic N) is 5. The van der Waals surface area contributed by atoms with E-state index < -0.39 is 0 Å². The second-order valence-electron chi connectivity index (χ2n) is 10.9. The first kappa shape index (κ1) is 27.8. The maximum absolute atomic E-state index is 12.1. The Morgan fingerprint density at radius 2 is 1.83 bits per heavy atom. The first-order valence-corrected chi connectivity index (χ1v) is 15.5. The zero-order valence-corrected chi connectivity index (χ0v) is 24.6. The number of ether oxygens (including phenoxy) is 1. The number of anilines is 4. The highest BCUT2D eigenvalue weighted by molar-refractivity contribution is 7.99. The number of carbonyl (C=O) groups is 1. The van der Waals surface area contributed by atoms with E-state index in [0.717, 1.165) is 74.2 Å². The van der Waals surface area contributed by atoms with Crippen molar-refractivity contribution in [3.8, 4) is 5.75 Å². The summed E-state index contributed by atoms with van der Waals surface area (Å²) < 4.78 is 6.19. The van der Waals surface area contributed by atoms with Crippen molar-refractivity contribution in [3.63, 3.8) is 0 Å². The van der Waals surface area contributed by atoms with Crippen LogP contribution in [0.1, 0.15) is 38.3 Å². The summed E-state index contributed by atoms with van der Waals surface area (Å²) >= 11 is 1.49. The summed E-state index contributed by atoms with van der Waals surface area (Å²) in [4.78, 5) is 28.0. The summed E-state index contributed by atoms with van der Waals surface area (Å²) in [7, 11) is 0. The molecule has 3 aliphatic rings. The molecule has 12 heteroatoms. The van der Waals surface area contributed by atoms with E-state index in [2.05, 4.69) is 35.9 Å². The molecule has 3 aromatic rings. The van der Waals surface area contributed by atoms with Crippen LogP contribution in [0.4, 0.5) is 23.1 Å². The number of rotatable bonds is 10. The standard InChI is InChI=1S/C29H39N9O2S/c1-3-40-25-26(32-24-18-19(2)35-36-24)33-29(41-23-8-6-21(7-9-23)31-28(39)20-4-5-20)34-27(25)38-16-14-37(15-17-38)22-10-12-30-13-11-22/h6-9,18,20,22,30H,3-5,10-17H2,1-2H3,(H,31,39)(H2,32,33,34,35,36). The fourth-order valence-corrected chi connectivity index (χ4v) is 6.17. The maximum Gasteiger partial charge on any atom is 0.227 e. The third-order valence-electron chi connectivity index (χ3n) is 7.79. The normalized spacial score (nSPS) is 18.3. The van der Waals surface area contributed by atoms with E-state index in [1.807, 2.05) is 44.2 Å². The van der Waals surface area contributed by atoms with Crippen molar-refractivity contribution >= 4 is 40.8 Å². The van der Waals surface area contributed by atoms with Gasteiger partial charge >= 0.3 is 0 Å². The van der Waals surface area contributed by atoms with Crippen LogP contribution in [-0.2, 0) is 4.79 Å². The summed E-state index contributed by atoms with van der Waals surface area (Å²) in [5, 5.41) is 17.8. The number of aromatic amines is 1. The van der Waals surface area contributed by atoms with Crippen LogP contribution in [0.3, 0.4) is 0 Å². The molecule has 3 fully saturated rings. The summed E-state index contributed by atoms with van der Waals surface area (Å²) in [6, 6.07) is 10.5. The molecule has 41 heavy (non-hydrogen) atoms.